The number of hydrogen-bond acceptors (Lipinski definition) is 2. The van der Waals surface area contributed by atoms with Crippen LogP contribution in [0.25, 0.3) is 0 Å². The number of rotatable bonds is 2. The molecule has 1 aromatic heterocycles. The number of benzene rings is 1. The van der Waals surface area contributed by atoms with Crippen molar-refractivity contribution in [1.29, 1.82) is 0 Å². The van der Waals surface area contributed by atoms with Crippen molar-refractivity contribution in [2.24, 2.45) is 5.73 Å². The highest BCUT2D eigenvalue weighted by atomic mass is 32.1. The largest absolute Gasteiger partial charge is 0.320 e. The van der Waals surface area contributed by atoms with Gasteiger partial charge in [-0.3, -0.25) is 0 Å². The molecule has 1 aliphatic rings. The number of nitrogens with two attached hydrogens (primary N) is 1. The van der Waals surface area contributed by atoms with Crippen molar-refractivity contribution < 1.29 is 0 Å². The maximum atomic E-state index is 6.46. The summed E-state index contributed by atoms with van der Waals surface area (Å²) in [5.74, 6) is 0. The predicted octanol–water partition coefficient (Wildman–Crippen LogP) is 5.15. The van der Waals surface area contributed by atoms with E-state index < -0.39 is 0 Å². The fourth-order valence-corrected chi connectivity index (χ4v) is 4.14. The van der Waals surface area contributed by atoms with Gasteiger partial charge in [0.25, 0.3) is 0 Å². The molecule has 21 heavy (non-hydrogen) atoms. The first-order valence-electron chi connectivity index (χ1n) is 7.74. The molecule has 2 aromatic rings. The monoisotopic (exact) mass is 299 g/mol. The van der Waals surface area contributed by atoms with Crippen molar-refractivity contribution >= 4 is 11.3 Å². The van der Waals surface area contributed by atoms with E-state index in [0.717, 1.165) is 0 Å². The minimum atomic E-state index is -0.0117. The summed E-state index contributed by atoms with van der Waals surface area (Å²) < 4.78 is 0. The highest BCUT2D eigenvalue weighted by Crippen LogP contribution is 2.46. The Hall–Kier alpha value is -1.12. The van der Waals surface area contributed by atoms with Gasteiger partial charge in [-0.15, -0.1) is 0 Å². The maximum Gasteiger partial charge on any atom is 0.0559 e. The molecule has 0 radical (unpaired) electrons. The third-order valence-electron chi connectivity index (χ3n) is 5.14. The molecule has 0 amide bonds. The standard InChI is InChI=1S/C19H25NS/c1-18(2)8-9-19(3,4)16-11-13(5-6-15(16)18)17(20)14-7-10-21-12-14/h5-7,10-12,17H,8-9,20H2,1-4H3. The van der Waals surface area contributed by atoms with Crippen LogP contribution in [-0.4, -0.2) is 0 Å². The Morgan fingerprint density at radius 3 is 2.24 bits per heavy atom. The van der Waals surface area contributed by atoms with Gasteiger partial charge in [0, 0.05) is 0 Å². The fraction of sp³-hybridized carbons (Fsp3) is 0.474. The molecule has 1 aromatic carbocycles. The van der Waals surface area contributed by atoms with Gasteiger partial charge < -0.3 is 5.73 Å². The zero-order chi connectivity index (χ0) is 15.3. The van der Waals surface area contributed by atoms with Crippen molar-refractivity contribution in [3.05, 3.63) is 57.3 Å². The SMILES string of the molecule is CC1(C)CCC(C)(C)c2cc(C(N)c3ccsc3)ccc21. The van der Waals surface area contributed by atoms with Gasteiger partial charge in [-0.2, -0.15) is 11.3 Å². The van der Waals surface area contributed by atoms with Crippen molar-refractivity contribution in [2.45, 2.75) is 57.4 Å². The molecule has 0 spiro atoms. The van der Waals surface area contributed by atoms with Crippen LogP contribution < -0.4 is 5.73 Å². The molecular weight excluding hydrogens is 274 g/mol. The average Bonchev–Trinajstić information content (AvgIpc) is 2.97. The van der Waals surface area contributed by atoms with E-state index in [1.54, 1.807) is 11.3 Å². The van der Waals surface area contributed by atoms with Gasteiger partial charge in [-0.25, -0.2) is 0 Å². The zero-order valence-corrected chi connectivity index (χ0v) is 14.3. The molecule has 1 unspecified atom stereocenters. The van der Waals surface area contributed by atoms with Gasteiger partial charge in [0.2, 0.25) is 0 Å². The topological polar surface area (TPSA) is 26.0 Å². The summed E-state index contributed by atoms with van der Waals surface area (Å²) in [4.78, 5) is 0. The molecule has 0 fully saturated rings. The number of fused-ring (bicyclic) bond motifs is 1. The van der Waals surface area contributed by atoms with Crippen molar-refractivity contribution in [1.82, 2.24) is 0 Å². The lowest BCUT2D eigenvalue weighted by molar-refractivity contribution is 0.331. The Morgan fingerprint density at radius 1 is 0.952 bits per heavy atom. The summed E-state index contributed by atoms with van der Waals surface area (Å²) in [5, 5.41) is 4.25. The summed E-state index contributed by atoms with van der Waals surface area (Å²) in [5.41, 5.74) is 12.4. The summed E-state index contributed by atoms with van der Waals surface area (Å²) in [7, 11) is 0. The molecule has 2 N–H and O–H groups in total. The van der Waals surface area contributed by atoms with Crippen LogP contribution in [0.3, 0.4) is 0 Å². The zero-order valence-electron chi connectivity index (χ0n) is 13.4. The summed E-state index contributed by atoms with van der Waals surface area (Å²) in [6.45, 7) is 9.45. The Morgan fingerprint density at radius 2 is 1.62 bits per heavy atom. The van der Waals surface area contributed by atoms with Crippen molar-refractivity contribution in [3.8, 4) is 0 Å². The smallest absolute Gasteiger partial charge is 0.0559 e. The van der Waals surface area contributed by atoms with E-state index in [4.69, 9.17) is 5.73 Å². The van der Waals surface area contributed by atoms with Gasteiger partial charge in [-0.05, 0) is 62.8 Å². The number of hydrogen-bond donors (Lipinski definition) is 1. The van der Waals surface area contributed by atoms with Gasteiger partial charge in [0.1, 0.15) is 0 Å². The van der Waals surface area contributed by atoms with Crippen LogP contribution in [0.1, 0.15) is 68.8 Å². The number of thiophene rings is 1. The van der Waals surface area contributed by atoms with E-state index in [1.807, 2.05) is 0 Å². The minimum absolute atomic E-state index is 0.0117. The lowest BCUT2D eigenvalue weighted by atomic mass is 9.63. The predicted molar refractivity (Wildman–Crippen MR) is 92.1 cm³/mol. The first-order chi connectivity index (χ1) is 9.81. The van der Waals surface area contributed by atoms with Crippen LogP contribution in [-0.2, 0) is 10.8 Å². The van der Waals surface area contributed by atoms with E-state index >= 15 is 0 Å². The van der Waals surface area contributed by atoms with Crippen molar-refractivity contribution in [3.63, 3.8) is 0 Å². The van der Waals surface area contributed by atoms with E-state index in [0.29, 0.717) is 0 Å². The van der Waals surface area contributed by atoms with Crippen LogP contribution in [0.2, 0.25) is 0 Å². The minimum Gasteiger partial charge on any atom is -0.320 e. The molecule has 3 rings (SSSR count). The molecule has 112 valence electrons. The van der Waals surface area contributed by atoms with Gasteiger partial charge in [-0.1, -0.05) is 45.9 Å². The third kappa shape index (κ3) is 2.56. The molecule has 0 bridgehead atoms. The second-order valence-electron chi connectivity index (χ2n) is 7.61. The molecule has 1 aliphatic carbocycles. The Labute approximate surface area is 132 Å². The van der Waals surface area contributed by atoms with E-state index in [-0.39, 0.29) is 16.9 Å². The first kappa shape index (κ1) is 14.8. The molecular formula is C19H25NS. The van der Waals surface area contributed by atoms with Crippen molar-refractivity contribution in [2.75, 3.05) is 0 Å². The highest BCUT2D eigenvalue weighted by Gasteiger charge is 2.37. The normalized spacial score (nSPS) is 20.8. The highest BCUT2D eigenvalue weighted by molar-refractivity contribution is 7.08. The van der Waals surface area contributed by atoms with Crippen LogP contribution in [0.5, 0.6) is 0 Å². The molecule has 2 heteroatoms. The van der Waals surface area contributed by atoms with Crippen LogP contribution in [0.4, 0.5) is 0 Å². The molecule has 1 atom stereocenters. The Bertz CT molecular complexity index is 638. The quantitative estimate of drug-likeness (QED) is 0.816. The Balaban J connectivity index is 2.08. The molecule has 1 heterocycles. The van der Waals surface area contributed by atoms with Gasteiger partial charge in [0.15, 0.2) is 0 Å². The van der Waals surface area contributed by atoms with E-state index in [2.05, 4.69) is 62.7 Å². The van der Waals surface area contributed by atoms with Crippen LogP contribution >= 0.6 is 11.3 Å². The van der Waals surface area contributed by atoms with Gasteiger partial charge in [0.05, 0.1) is 6.04 Å². The molecule has 0 aliphatic heterocycles. The summed E-state index contributed by atoms with van der Waals surface area (Å²) in [6, 6.07) is 9.02. The average molecular weight is 299 g/mol. The van der Waals surface area contributed by atoms with Crippen LogP contribution in [0, 0.1) is 0 Å². The second kappa shape index (κ2) is 4.96. The van der Waals surface area contributed by atoms with E-state index in [1.165, 1.54) is 35.1 Å². The maximum absolute atomic E-state index is 6.46. The molecule has 0 saturated heterocycles. The van der Waals surface area contributed by atoms with Crippen LogP contribution in [0.15, 0.2) is 35.0 Å². The van der Waals surface area contributed by atoms with Gasteiger partial charge >= 0.3 is 0 Å². The molecule has 0 saturated carbocycles. The third-order valence-corrected chi connectivity index (χ3v) is 5.84. The first-order valence-corrected chi connectivity index (χ1v) is 8.68. The fourth-order valence-electron chi connectivity index (χ4n) is 3.44. The lowest BCUT2D eigenvalue weighted by Gasteiger charge is -2.42. The lowest BCUT2D eigenvalue weighted by Crippen LogP contribution is -2.34. The summed E-state index contributed by atoms with van der Waals surface area (Å²) in [6.07, 6.45) is 2.49. The second-order valence-corrected chi connectivity index (χ2v) is 8.39. The summed E-state index contributed by atoms with van der Waals surface area (Å²) >= 11 is 1.71. The molecule has 1 nitrogen and oxygen atoms in total. The van der Waals surface area contributed by atoms with E-state index in [9.17, 15) is 0 Å². The Kier molecular flexibility index (Phi) is 3.50.